The molecule has 15 heavy (non-hydrogen) atoms. The molecule has 0 saturated carbocycles. The highest BCUT2D eigenvalue weighted by atomic mass is 127. The van der Waals surface area contributed by atoms with Crippen LogP contribution in [-0.2, 0) is 0 Å². The largest absolute Gasteiger partial charge is 0.294 e. The lowest BCUT2D eigenvalue weighted by atomic mass is 10.1. The molecule has 1 rings (SSSR count). The van der Waals surface area contributed by atoms with Crippen LogP contribution in [0.3, 0.4) is 0 Å². The van der Waals surface area contributed by atoms with Gasteiger partial charge < -0.3 is 0 Å². The second-order valence-electron chi connectivity index (χ2n) is 2.90. The summed E-state index contributed by atoms with van der Waals surface area (Å²) in [6.07, 6.45) is -2.38. The number of rotatable bonds is 4. The van der Waals surface area contributed by atoms with E-state index < -0.39 is 6.43 Å². The zero-order valence-corrected chi connectivity index (χ0v) is 10.6. The van der Waals surface area contributed by atoms with Crippen molar-refractivity contribution in [2.75, 3.05) is 5.88 Å². The van der Waals surface area contributed by atoms with E-state index in [0.717, 1.165) is 0 Å². The maximum atomic E-state index is 12.4. The third-order valence-electron chi connectivity index (χ3n) is 1.86. The Bertz CT molecular complexity index is 368. The summed E-state index contributed by atoms with van der Waals surface area (Å²) in [6, 6.07) is 4.08. The summed E-state index contributed by atoms with van der Waals surface area (Å²) in [6.45, 7) is 0. The van der Waals surface area contributed by atoms with Crippen LogP contribution in [0, 0.1) is 3.57 Å². The summed E-state index contributed by atoms with van der Waals surface area (Å²) in [4.78, 5) is 11.5. The van der Waals surface area contributed by atoms with E-state index >= 15 is 0 Å². The first-order valence-electron chi connectivity index (χ1n) is 4.23. The molecule has 0 aromatic heterocycles. The summed E-state index contributed by atoms with van der Waals surface area (Å²) in [5.41, 5.74) is 0.197. The van der Waals surface area contributed by atoms with E-state index in [0.29, 0.717) is 9.13 Å². The molecule has 0 N–H and O–H groups in total. The van der Waals surface area contributed by atoms with Crippen molar-refractivity contribution in [2.45, 2.75) is 12.8 Å². The first kappa shape index (κ1) is 12.8. The molecule has 0 atom stereocenters. The summed E-state index contributed by atoms with van der Waals surface area (Å²) in [7, 11) is 0. The van der Waals surface area contributed by atoms with Crippen LogP contribution < -0.4 is 0 Å². The Morgan fingerprint density at radius 1 is 1.47 bits per heavy atom. The molecule has 1 aromatic carbocycles. The number of carbonyl (C=O) groups is 1. The van der Waals surface area contributed by atoms with Gasteiger partial charge in [0, 0.05) is 27.0 Å². The van der Waals surface area contributed by atoms with Crippen LogP contribution in [0.5, 0.6) is 0 Å². The van der Waals surface area contributed by atoms with Crippen molar-refractivity contribution in [1.29, 1.82) is 0 Å². The van der Waals surface area contributed by atoms with Gasteiger partial charge in [-0.15, -0.1) is 11.6 Å². The Kier molecular flexibility index (Phi) is 4.92. The SMILES string of the molecule is O=C(CCCl)c1cc(C(F)F)ccc1I. The maximum absolute atomic E-state index is 12.4. The molecule has 0 fully saturated rings. The highest BCUT2D eigenvalue weighted by Crippen LogP contribution is 2.23. The van der Waals surface area contributed by atoms with E-state index in [1.807, 2.05) is 22.6 Å². The molecular formula is C10H8ClF2IO. The van der Waals surface area contributed by atoms with Gasteiger partial charge in [-0.1, -0.05) is 6.07 Å². The van der Waals surface area contributed by atoms with Crippen molar-refractivity contribution in [1.82, 2.24) is 0 Å². The van der Waals surface area contributed by atoms with Crippen LogP contribution >= 0.6 is 34.2 Å². The van der Waals surface area contributed by atoms with Gasteiger partial charge in [0.05, 0.1) is 0 Å². The van der Waals surface area contributed by atoms with Gasteiger partial charge in [0.2, 0.25) is 0 Å². The van der Waals surface area contributed by atoms with Crippen molar-refractivity contribution < 1.29 is 13.6 Å². The normalized spacial score (nSPS) is 10.7. The Hall–Kier alpha value is -0.230. The minimum atomic E-state index is -2.55. The van der Waals surface area contributed by atoms with Crippen LogP contribution in [0.1, 0.15) is 28.8 Å². The van der Waals surface area contributed by atoms with Gasteiger partial charge in [-0.05, 0) is 34.7 Å². The minimum absolute atomic E-state index is 0.131. The van der Waals surface area contributed by atoms with Crippen molar-refractivity contribution in [2.24, 2.45) is 0 Å². The fourth-order valence-electron chi connectivity index (χ4n) is 1.11. The van der Waals surface area contributed by atoms with E-state index in [-0.39, 0.29) is 23.6 Å². The predicted octanol–water partition coefficient (Wildman–Crippen LogP) is 4.04. The average Bonchev–Trinajstić information content (AvgIpc) is 2.18. The van der Waals surface area contributed by atoms with E-state index in [9.17, 15) is 13.6 Å². The molecule has 1 aromatic rings. The molecule has 5 heteroatoms. The quantitative estimate of drug-likeness (QED) is 0.458. The number of halogens is 4. The molecular weight excluding hydrogens is 336 g/mol. The van der Waals surface area contributed by atoms with Crippen LogP contribution in [-0.4, -0.2) is 11.7 Å². The number of alkyl halides is 3. The molecule has 0 spiro atoms. The summed E-state index contributed by atoms with van der Waals surface area (Å²) < 4.78 is 25.4. The van der Waals surface area contributed by atoms with Crippen molar-refractivity contribution >= 4 is 40.0 Å². The van der Waals surface area contributed by atoms with Crippen LogP contribution in [0.4, 0.5) is 8.78 Å². The smallest absolute Gasteiger partial charge is 0.263 e. The van der Waals surface area contributed by atoms with Gasteiger partial charge in [0.25, 0.3) is 6.43 Å². The zero-order chi connectivity index (χ0) is 11.4. The van der Waals surface area contributed by atoms with Gasteiger partial charge >= 0.3 is 0 Å². The minimum Gasteiger partial charge on any atom is -0.294 e. The molecule has 0 saturated heterocycles. The Labute approximate surface area is 105 Å². The number of carbonyl (C=O) groups excluding carboxylic acids is 1. The molecule has 0 aliphatic carbocycles. The second-order valence-corrected chi connectivity index (χ2v) is 4.44. The number of benzene rings is 1. The Morgan fingerprint density at radius 3 is 2.67 bits per heavy atom. The molecule has 1 nitrogen and oxygen atoms in total. The molecule has 0 unspecified atom stereocenters. The maximum Gasteiger partial charge on any atom is 0.263 e. The first-order valence-corrected chi connectivity index (χ1v) is 5.84. The highest BCUT2D eigenvalue weighted by molar-refractivity contribution is 14.1. The molecule has 0 aliphatic heterocycles. The van der Waals surface area contributed by atoms with Gasteiger partial charge in [-0.3, -0.25) is 4.79 Å². The molecule has 0 amide bonds. The third kappa shape index (κ3) is 3.38. The summed E-state index contributed by atoms with van der Waals surface area (Å²) >= 11 is 7.38. The fraction of sp³-hybridized carbons (Fsp3) is 0.300. The lowest BCUT2D eigenvalue weighted by Gasteiger charge is -2.05. The fourth-order valence-corrected chi connectivity index (χ4v) is 1.92. The highest BCUT2D eigenvalue weighted by Gasteiger charge is 2.14. The molecule has 0 aliphatic rings. The van der Waals surface area contributed by atoms with Crippen molar-refractivity contribution in [3.8, 4) is 0 Å². The van der Waals surface area contributed by atoms with Crippen LogP contribution in [0.15, 0.2) is 18.2 Å². The molecule has 0 bridgehead atoms. The third-order valence-corrected chi connectivity index (χ3v) is 2.99. The standard InChI is InChI=1S/C10H8ClF2IO/c11-4-3-9(15)7-5-6(10(12)13)1-2-8(7)14/h1-2,5,10H,3-4H2. The predicted molar refractivity (Wildman–Crippen MR) is 63.8 cm³/mol. The lowest BCUT2D eigenvalue weighted by molar-refractivity contribution is 0.0988. The number of ketones is 1. The van der Waals surface area contributed by atoms with Crippen LogP contribution in [0.25, 0.3) is 0 Å². The van der Waals surface area contributed by atoms with Gasteiger partial charge in [0.15, 0.2) is 5.78 Å². The van der Waals surface area contributed by atoms with E-state index in [2.05, 4.69) is 0 Å². The summed E-state index contributed by atoms with van der Waals surface area (Å²) in [5, 5.41) is 0. The van der Waals surface area contributed by atoms with Crippen molar-refractivity contribution in [3.63, 3.8) is 0 Å². The molecule has 82 valence electrons. The lowest BCUT2D eigenvalue weighted by Crippen LogP contribution is -2.03. The van der Waals surface area contributed by atoms with E-state index in [4.69, 9.17) is 11.6 Å². The van der Waals surface area contributed by atoms with Crippen LogP contribution in [0.2, 0.25) is 0 Å². The first-order chi connectivity index (χ1) is 7.06. The zero-order valence-electron chi connectivity index (χ0n) is 7.64. The second kappa shape index (κ2) is 5.75. The number of hydrogen-bond acceptors (Lipinski definition) is 1. The monoisotopic (exact) mass is 344 g/mol. The Balaban J connectivity index is 3.05. The van der Waals surface area contributed by atoms with Gasteiger partial charge in [0.1, 0.15) is 0 Å². The summed E-state index contributed by atoms with van der Waals surface area (Å²) in [5.74, 6) is 0.00489. The molecule has 0 radical (unpaired) electrons. The Morgan fingerprint density at radius 2 is 2.13 bits per heavy atom. The topological polar surface area (TPSA) is 17.1 Å². The number of Topliss-reactive ketones (excluding diaryl/α,β-unsaturated/α-hetero) is 1. The van der Waals surface area contributed by atoms with Gasteiger partial charge in [-0.25, -0.2) is 8.78 Å². The average molecular weight is 345 g/mol. The number of hydrogen-bond donors (Lipinski definition) is 0. The molecule has 0 heterocycles. The van der Waals surface area contributed by atoms with E-state index in [1.54, 1.807) is 0 Å². The van der Waals surface area contributed by atoms with E-state index in [1.165, 1.54) is 18.2 Å². The van der Waals surface area contributed by atoms with Gasteiger partial charge in [-0.2, -0.15) is 0 Å². The van der Waals surface area contributed by atoms with Crippen molar-refractivity contribution in [3.05, 3.63) is 32.9 Å².